The van der Waals surface area contributed by atoms with Crippen molar-refractivity contribution in [2.45, 2.75) is 33.2 Å². The fourth-order valence-corrected chi connectivity index (χ4v) is 1.45. The van der Waals surface area contributed by atoms with E-state index in [4.69, 9.17) is 0 Å². The Hall–Kier alpha value is -1.84. The van der Waals surface area contributed by atoms with E-state index in [-0.39, 0.29) is 5.91 Å². The monoisotopic (exact) mass is 249 g/mol. The first-order valence-electron chi connectivity index (χ1n) is 5.79. The molecular formula is C14H19NO3. The summed E-state index contributed by atoms with van der Waals surface area (Å²) in [5, 5.41) is 12.0. The maximum absolute atomic E-state index is 12.0. The smallest absolute Gasteiger partial charge is 0.329 e. The van der Waals surface area contributed by atoms with Gasteiger partial charge in [-0.15, -0.1) is 0 Å². The molecule has 1 aromatic carbocycles. The molecule has 4 heteroatoms. The van der Waals surface area contributed by atoms with Crippen LogP contribution in [0.1, 0.15) is 38.1 Å². The van der Waals surface area contributed by atoms with Gasteiger partial charge in [0.25, 0.3) is 5.91 Å². The second kappa shape index (κ2) is 4.80. The van der Waals surface area contributed by atoms with Gasteiger partial charge in [-0.25, -0.2) is 4.79 Å². The lowest BCUT2D eigenvalue weighted by Gasteiger charge is -2.38. The summed E-state index contributed by atoms with van der Waals surface area (Å²) in [5.74, 6) is -1.42. The summed E-state index contributed by atoms with van der Waals surface area (Å²) in [4.78, 5) is 23.5. The zero-order valence-electron chi connectivity index (χ0n) is 11.2. The van der Waals surface area contributed by atoms with E-state index in [0.717, 1.165) is 0 Å². The molecule has 2 N–H and O–H groups in total. The molecule has 0 heterocycles. The van der Waals surface area contributed by atoms with Crippen LogP contribution in [-0.4, -0.2) is 22.5 Å². The van der Waals surface area contributed by atoms with Gasteiger partial charge in [0.15, 0.2) is 0 Å². The van der Waals surface area contributed by atoms with E-state index in [1.54, 1.807) is 51.1 Å². The number of aliphatic carboxylic acids is 1. The molecule has 0 radical (unpaired) electrons. The first kappa shape index (κ1) is 14.2. The Labute approximate surface area is 107 Å². The summed E-state index contributed by atoms with van der Waals surface area (Å²) < 4.78 is 0. The zero-order valence-corrected chi connectivity index (χ0v) is 11.2. The number of hydrogen-bond donors (Lipinski definition) is 2. The molecule has 1 amide bonds. The van der Waals surface area contributed by atoms with Crippen LogP contribution in [0.4, 0.5) is 0 Å². The minimum atomic E-state index is -1.32. The Balaban J connectivity index is 3.01. The maximum Gasteiger partial charge on any atom is 0.329 e. The van der Waals surface area contributed by atoms with E-state index < -0.39 is 16.9 Å². The van der Waals surface area contributed by atoms with E-state index in [2.05, 4.69) is 5.32 Å². The Morgan fingerprint density at radius 2 is 1.56 bits per heavy atom. The van der Waals surface area contributed by atoms with Crippen molar-refractivity contribution in [1.29, 1.82) is 0 Å². The third-order valence-electron chi connectivity index (χ3n) is 3.33. The normalized spacial score (nSPS) is 14.7. The highest BCUT2D eigenvalue weighted by molar-refractivity contribution is 5.98. The third-order valence-corrected chi connectivity index (χ3v) is 3.33. The molecule has 1 rings (SSSR count). The van der Waals surface area contributed by atoms with E-state index >= 15 is 0 Å². The van der Waals surface area contributed by atoms with Crippen molar-refractivity contribution in [2.75, 3.05) is 0 Å². The van der Waals surface area contributed by atoms with Gasteiger partial charge in [0, 0.05) is 5.56 Å². The van der Waals surface area contributed by atoms with Crippen LogP contribution < -0.4 is 5.32 Å². The number of rotatable bonds is 3. The van der Waals surface area contributed by atoms with Gasteiger partial charge in [-0.3, -0.25) is 4.79 Å². The van der Waals surface area contributed by atoms with Crippen LogP contribution in [-0.2, 0) is 4.79 Å². The van der Waals surface area contributed by atoms with Gasteiger partial charge in [-0.2, -0.15) is 0 Å². The van der Waals surface area contributed by atoms with Crippen molar-refractivity contribution in [1.82, 2.24) is 5.32 Å². The topological polar surface area (TPSA) is 66.4 Å². The number of amides is 1. The standard InChI is InChI=1S/C14H19NO3/c1-13(2,3)14(4,12(17)18)15-11(16)10-8-6-5-7-9-10/h5-9H,1-4H3,(H,15,16)(H,17,18)/t14-/m0/s1. The summed E-state index contributed by atoms with van der Waals surface area (Å²) in [5.41, 5.74) is -1.46. The van der Waals surface area contributed by atoms with Crippen LogP contribution in [0.5, 0.6) is 0 Å². The highest BCUT2D eigenvalue weighted by Crippen LogP contribution is 2.30. The molecule has 0 fully saturated rings. The molecule has 1 aromatic rings. The molecule has 98 valence electrons. The van der Waals surface area contributed by atoms with Gasteiger partial charge in [0.05, 0.1) is 0 Å². The minimum absolute atomic E-state index is 0.379. The number of carboxylic acid groups (broad SMARTS) is 1. The van der Waals surface area contributed by atoms with Crippen molar-refractivity contribution in [2.24, 2.45) is 5.41 Å². The molecule has 0 aliphatic rings. The molecular weight excluding hydrogens is 230 g/mol. The molecule has 1 atom stereocenters. The second-order valence-corrected chi connectivity index (χ2v) is 5.50. The fourth-order valence-electron chi connectivity index (χ4n) is 1.45. The molecule has 0 unspecified atom stereocenters. The molecule has 0 spiro atoms. The summed E-state index contributed by atoms with van der Waals surface area (Å²) in [6.07, 6.45) is 0. The summed E-state index contributed by atoms with van der Waals surface area (Å²) in [6.45, 7) is 6.88. The quantitative estimate of drug-likeness (QED) is 0.863. The van der Waals surface area contributed by atoms with Gasteiger partial charge in [0.1, 0.15) is 5.54 Å². The van der Waals surface area contributed by atoms with Crippen molar-refractivity contribution < 1.29 is 14.7 Å². The highest BCUT2D eigenvalue weighted by atomic mass is 16.4. The van der Waals surface area contributed by atoms with E-state index in [0.29, 0.717) is 5.56 Å². The number of nitrogens with one attached hydrogen (secondary N) is 1. The number of carbonyl (C=O) groups is 2. The Morgan fingerprint density at radius 3 is 1.94 bits per heavy atom. The number of carboxylic acids is 1. The van der Waals surface area contributed by atoms with Crippen molar-refractivity contribution >= 4 is 11.9 Å². The van der Waals surface area contributed by atoms with Gasteiger partial charge in [0.2, 0.25) is 0 Å². The lowest BCUT2D eigenvalue weighted by atomic mass is 9.74. The first-order valence-corrected chi connectivity index (χ1v) is 5.79. The van der Waals surface area contributed by atoms with E-state index in [1.807, 2.05) is 0 Å². The van der Waals surface area contributed by atoms with Crippen LogP contribution in [0, 0.1) is 5.41 Å². The molecule has 4 nitrogen and oxygen atoms in total. The van der Waals surface area contributed by atoms with E-state index in [1.165, 1.54) is 6.92 Å². The van der Waals surface area contributed by atoms with Crippen LogP contribution >= 0.6 is 0 Å². The third kappa shape index (κ3) is 2.70. The largest absolute Gasteiger partial charge is 0.479 e. The lowest BCUT2D eigenvalue weighted by molar-refractivity contribution is -0.148. The van der Waals surface area contributed by atoms with Gasteiger partial charge < -0.3 is 10.4 Å². The Bertz CT molecular complexity index is 448. The number of benzene rings is 1. The predicted molar refractivity (Wildman–Crippen MR) is 69.4 cm³/mol. The predicted octanol–water partition coefficient (Wildman–Crippen LogP) is 2.31. The SMILES string of the molecule is CC(C)(C)[C@@](C)(NC(=O)c1ccccc1)C(=O)O. The average molecular weight is 249 g/mol. The lowest BCUT2D eigenvalue weighted by Crippen LogP contribution is -2.60. The minimum Gasteiger partial charge on any atom is -0.479 e. The van der Waals surface area contributed by atoms with Crippen LogP contribution in [0.15, 0.2) is 30.3 Å². The number of hydrogen-bond acceptors (Lipinski definition) is 2. The van der Waals surface area contributed by atoms with Crippen LogP contribution in [0.2, 0.25) is 0 Å². The summed E-state index contributed by atoms with van der Waals surface area (Å²) in [7, 11) is 0. The molecule has 0 aliphatic carbocycles. The first-order chi connectivity index (χ1) is 8.18. The average Bonchev–Trinajstić information content (AvgIpc) is 2.28. The number of carbonyl (C=O) groups excluding carboxylic acids is 1. The zero-order chi connectivity index (χ0) is 14.0. The van der Waals surface area contributed by atoms with Gasteiger partial charge in [-0.1, -0.05) is 39.0 Å². The molecule has 0 saturated carbocycles. The van der Waals surface area contributed by atoms with Crippen LogP contribution in [0.25, 0.3) is 0 Å². The van der Waals surface area contributed by atoms with Crippen molar-refractivity contribution in [3.8, 4) is 0 Å². The van der Waals surface area contributed by atoms with Crippen LogP contribution in [0.3, 0.4) is 0 Å². The molecule has 18 heavy (non-hydrogen) atoms. The molecule has 0 aromatic heterocycles. The summed E-state index contributed by atoms with van der Waals surface area (Å²) in [6, 6.07) is 8.59. The molecule has 0 bridgehead atoms. The Morgan fingerprint density at radius 1 is 1.06 bits per heavy atom. The fraction of sp³-hybridized carbons (Fsp3) is 0.429. The second-order valence-electron chi connectivity index (χ2n) is 5.50. The van der Waals surface area contributed by atoms with E-state index in [9.17, 15) is 14.7 Å². The molecule has 0 saturated heterocycles. The van der Waals surface area contributed by atoms with Gasteiger partial charge >= 0.3 is 5.97 Å². The van der Waals surface area contributed by atoms with Crippen molar-refractivity contribution in [3.63, 3.8) is 0 Å². The summed E-state index contributed by atoms with van der Waals surface area (Å²) >= 11 is 0. The van der Waals surface area contributed by atoms with Crippen molar-refractivity contribution in [3.05, 3.63) is 35.9 Å². The highest BCUT2D eigenvalue weighted by Gasteiger charge is 2.45. The van der Waals surface area contributed by atoms with Gasteiger partial charge in [-0.05, 0) is 24.5 Å². The Kier molecular flexibility index (Phi) is 3.79. The molecule has 0 aliphatic heterocycles. The maximum atomic E-state index is 12.0.